The van der Waals surface area contributed by atoms with Crippen LogP contribution in [0.3, 0.4) is 0 Å². The molecule has 1 aromatic carbocycles. The van der Waals surface area contributed by atoms with Crippen LogP contribution in [0.15, 0.2) is 41.0 Å². The molecule has 6 nitrogen and oxygen atoms in total. The monoisotopic (exact) mass is 411 g/mol. The van der Waals surface area contributed by atoms with Crippen LogP contribution in [0, 0.1) is 5.92 Å². The van der Waals surface area contributed by atoms with E-state index in [2.05, 4.69) is 10.2 Å². The molecule has 30 heavy (non-hydrogen) atoms. The van der Waals surface area contributed by atoms with Gasteiger partial charge in [-0.05, 0) is 48.7 Å². The van der Waals surface area contributed by atoms with E-state index in [1.807, 2.05) is 51.0 Å². The molecule has 0 aliphatic heterocycles. The first-order valence-corrected chi connectivity index (χ1v) is 10.8. The first-order valence-electron chi connectivity index (χ1n) is 10.8. The molecule has 0 bridgehead atoms. The average Bonchev–Trinajstić information content (AvgIpc) is 3.27. The fourth-order valence-electron chi connectivity index (χ4n) is 4.12. The minimum absolute atomic E-state index is 0.0448. The Bertz CT molecular complexity index is 853. The molecule has 1 aliphatic rings. The molecular formula is C24H33N3O3. The summed E-state index contributed by atoms with van der Waals surface area (Å²) in [5.74, 6) is 0.131. The van der Waals surface area contributed by atoms with Crippen LogP contribution in [-0.4, -0.2) is 36.9 Å². The molecule has 3 rings (SSSR count). The van der Waals surface area contributed by atoms with Gasteiger partial charge in [-0.3, -0.25) is 9.59 Å². The Balaban J connectivity index is 1.88. The highest BCUT2D eigenvalue weighted by Gasteiger charge is 2.28. The molecule has 1 fully saturated rings. The number of carbonyl (C=O) groups is 2. The van der Waals surface area contributed by atoms with E-state index >= 15 is 0 Å². The van der Waals surface area contributed by atoms with Crippen LogP contribution < -0.4 is 10.2 Å². The van der Waals surface area contributed by atoms with Gasteiger partial charge in [-0.25, -0.2) is 0 Å². The van der Waals surface area contributed by atoms with Crippen molar-refractivity contribution in [1.29, 1.82) is 0 Å². The maximum Gasteiger partial charge on any atom is 0.291 e. The van der Waals surface area contributed by atoms with Crippen molar-refractivity contribution >= 4 is 23.2 Å². The van der Waals surface area contributed by atoms with Gasteiger partial charge in [0.25, 0.3) is 5.91 Å². The number of benzene rings is 1. The second-order valence-electron chi connectivity index (χ2n) is 8.58. The van der Waals surface area contributed by atoms with Crippen LogP contribution >= 0.6 is 0 Å². The summed E-state index contributed by atoms with van der Waals surface area (Å²) < 4.78 is 5.19. The zero-order chi connectivity index (χ0) is 21.7. The minimum Gasteiger partial charge on any atom is -0.459 e. The van der Waals surface area contributed by atoms with E-state index in [4.69, 9.17) is 4.42 Å². The van der Waals surface area contributed by atoms with Crippen molar-refractivity contribution < 1.29 is 14.0 Å². The highest BCUT2D eigenvalue weighted by atomic mass is 16.3. The third-order valence-corrected chi connectivity index (χ3v) is 5.70. The molecule has 0 radical (unpaired) electrons. The van der Waals surface area contributed by atoms with Crippen molar-refractivity contribution in [3.05, 3.63) is 47.9 Å². The highest BCUT2D eigenvalue weighted by molar-refractivity contribution is 6.02. The number of amides is 2. The lowest BCUT2D eigenvalue weighted by molar-refractivity contribution is -0.138. The molecule has 0 atom stereocenters. The molecule has 162 valence electrons. The quantitative estimate of drug-likeness (QED) is 0.703. The van der Waals surface area contributed by atoms with Crippen molar-refractivity contribution in [3.8, 4) is 0 Å². The van der Waals surface area contributed by atoms with E-state index in [1.165, 1.54) is 25.5 Å². The molecule has 2 aromatic rings. The Hall–Kier alpha value is -2.76. The van der Waals surface area contributed by atoms with Gasteiger partial charge in [0.2, 0.25) is 5.91 Å². The number of nitrogens with zero attached hydrogens (tertiary/aromatic N) is 2. The lowest BCUT2D eigenvalue weighted by atomic mass is 9.92. The zero-order valence-corrected chi connectivity index (χ0v) is 18.5. The number of carbonyl (C=O) groups excluding carboxylic acids is 2. The largest absolute Gasteiger partial charge is 0.459 e. The van der Waals surface area contributed by atoms with Gasteiger partial charge in [0.1, 0.15) is 0 Å². The SMILES string of the molecule is CC(C)C(=O)N(Cc1cc(NC(=O)c2ccco2)ccc1N(C)C)C1CCCCC1. The second kappa shape index (κ2) is 9.83. The number of furan rings is 1. The molecule has 1 heterocycles. The second-order valence-corrected chi connectivity index (χ2v) is 8.58. The average molecular weight is 412 g/mol. The van der Waals surface area contributed by atoms with Crippen LogP contribution in [0.5, 0.6) is 0 Å². The van der Waals surface area contributed by atoms with Gasteiger partial charge >= 0.3 is 0 Å². The van der Waals surface area contributed by atoms with Crippen molar-refractivity contribution in [3.63, 3.8) is 0 Å². The summed E-state index contributed by atoms with van der Waals surface area (Å²) in [7, 11) is 3.99. The first kappa shape index (κ1) is 21.9. The predicted octanol–water partition coefficient (Wildman–Crippen LogP) is 4.92. The van der Waals surface area contributed by atoms with Crippen LogP contribution in [-0.2, 0) is 11.3 Å². The van der Waals surface area contributed by atoms with Crippen LogP contribution in [0.25, 0.3) is 0 Å². The van der Waals surface area contributed by atoms with E-state index in [0.29, 0.717) is 12.2 Å². The van der Waals surface area contributed by atoms with E-state index in [9.17, 15) is 9.59 Å². The molecule has 0 unspecified atom stereocenters. The van der Waals surface area contributed by atoms with E-state index in [0.717, 1.165) is 24.1 Å². The minimum atomic E-state index is -0.286. The first-order chi connectivity index (χ1) is 14.4. The zero-order valence-electron chi connectivity index (χ0n) is 18.5. The maximum absolute atomic E-state index is 13.1. The summed E-state index contributed by atoms with van der Waals surface area (Å²) in [6, 6.07) is 9.46. The molecule has 6 heteroatoms. The van der Waals surface area contributed by atoms with Gasteiger partial charge in [-0.15, -0.1) is 0 Å². The molecule has 1 N–H and O–H groups in total. The van der Waals surface area contributed by atoms with Crippen molar-refractivity contribution in [2.75, 3.05) is 24.3 Å². The molecular weight excluding hydrogens is 378 g/mol. The summed E-state index contributed by atoms with van der Waals surface area (Å²) in [5.41, 5.74) is 2.76. The van der Waals surface area contributed by atoms with Crippen LogP contribution in [0.4, 0.5) is 11.4 Å². The van der Waals surface area contributed by atoms with Crippen molar-refractivity contribution in [2.24, 2.45) is 5.92 Å². The Morgan fingerprint density at radius 2 is 1.87 bits per heavy atom. The molecule has 0 saturated heterocycles. The van der Waals surface area contributed by atoms with Crippen LogP contribution in [0.1, 0.15) is 62.1 Å². The van der Waals surface area contributed by atoms with E-state index in [1.54, 1.807) is 12.1 Å². The fourth-order valence-corrected chi connectivity index (χ4v) is 4.12. The predicted molar refractivity (Wildman–Crippen MR) is 120 cm³/mol. The summed E-state index contributed by atoms with van der Waals surface area (Å²) in [6.45, 7) is 4.47. The standard InChI is InChI=1S/C24H33N3O3/c1-17(2)24(29)27(20-9-6-5-7-10-20)16-18-15-19(12-13-21(18)26(3)4)25-23(28)22-11-8-14-30-22/h8,11-15,17,20H,5-7,9-10,16H2,1-4H3,(H,25,28). The van der Waals surface area contributed by atoms with Gasteiger partial charge in [0.15, 0.2) is 5.76 Å². The Morgan fingerprint density at radius 3 is 2.47 bits per heavy atom. The van der Waals surface area contributed by atoms with E-state index in [-0.39, 0.29) is 29.5 Å². The molecule has 1 aliphatic carbocycles. The summed E-state index contributed by atoms with van der Waals surface area (Å²) in [5, 5.41) is 2.90. The van der Waals surface area contributed by atoms with Crippen LogP contribution in [0.2, 0.25) is 0 Å². The number of nitrogens with one attached hydrogen (secondary N) is 1. The van der Waals surface area contributed by atoms with E-state index < -0.39 is 0 Å². The summed E-state index contributed by atoms with van der Waals surface area (Å²) in [6.07, 6.45) is 7.19. The van der Waals surface area contributed by atoms with Gasteiger partial charge in [-0.2, -0.15) is 0 Å². The molecule has 1 aromatic heterocycles. The smallest absolute Gasteiger partial charge is 0.291 e. The number of anilines is 2. The fraction of sp³-hybridized carbons (Fsp3) is 0.500. The maximum atomic E-state index is 13.1. The summed E-state index contributed by atoms with van der Waals surface area (Å²) in [4.78, 5) is 29.6. The van der Waals surface area contributed by atoms with Gasteiger partial charge < -0.3 is 19.5 Å². The lowest BCUT2D eigenvalue weighted by Gasteiger charge is -2.36. The van der Waals surface area contributed by atoms with Crippen molar-refractivity contribution in [2.45, 2.75) is 58.5 Å². The normalized spacial score (nSPS) is 14.6. The topological polar surface area (TPSA) is 65.8 Å². The third kappa shape index (κ3) is 5.23. The van der Waals surface area contributed by atoms with Gasteiger partial charge in [0, 0.05) is 44.0 Å². The van der Waals surface area contributed by atoms with Gasteiger partial charge in [-0.1, -0.05) is 33.1 Å². The lowest BCUT2D eigenvalue weighted by Crippen LogP contribution is -2.43. The molecule has 2 amide bonds. The third-order valence-electron chi connectivity index (χ3n) is 5.70. The number of hydrogen-bond acceptors (Lipinski definition) is 4. The molecule has 1 saturated carbocycles. The Labute approximate surface area is 179 Å². The summed E-state index contributed by atoms with van der Waals surface area (Å²) >= 11 is 0. The molecule has 0 spiro atoms. The van der Waals surface area contributed by atoms with Crippen molar-refractivity contribution in [1.82, 2.24) is 4.90 Å². The number of hydrogen-bond donors (Lipinski definition) is 1. The van der Waals surface area contributed by atoms with Gasteiger partial charge in [0.05, 0.1) is 6.26 Å². The highest BCUT2D eigenvalue weighted by Crippen LogP contribution is 2.30. The Morgan fingerprint density at radius 1 is 1.13 bits per heavy atom. The number of rotatable bonds is 7. The Kier molecular flexibility index (Phi) is 7.19.